The van der Waals surface area contributed by atoms with Crippen molar-refractivity contribution < 1.29 is 21.9 Å². The second-order valence-corrected chi connectivity index (χ2v) is 9.07. The zero-order valence-electron chi connectivity index (χ0n) is 14.1. The Bertz CT molecular complexity index is 870. The third-order valence-electron chi connectivity index (χ3n) is 4.02. The number of halogens is 2. The van der Waals surface area contributed by atoms with E-state index in [9.17, 15) is 17.2 Å². The molecule has 1 aliphatic heterocycles. The summed E-state index contributed by atoms with van der Waals surface area (Å²) in [6.07, 6.45) is 1.31. The average Bonchev–Trinajstić information content (AvgIpc) is 2.63. The van der Waals surface area contributed by atoms with Gasteiger partial charge in [-0.3, -0.25) is 0 Å². The van der Waals surface area contributed by atoms with Crippen LogP contribution >= 0.6 is 11.8 Å². The Hall–Kier alpha value is -1.55. The van der Waals surface area contributed by atoms with Gasteiger partial charge in [-0.2, -0.15) is 4.31 Å². The van der Waals surface area contributed by atoms with Crippen molar-refractivity contribution in [2.45, 2.75) is 22.1 Å². The molecule has 9 heteroatoms. The number of ether oxygens (including phenoxy) is 1. The van der Waals surface area contributed by atoms with Crippen molar-refractivity contribution in [3.05, 3.63) is 53.7 Å². The molecule has 1 unspecified atom stereocenters. The lowest BCUT2D eigenvalue weighted by atomic mass is 10.1. The van der Waals surface area contributed by atoms with E-state index in [0.717, 1.165) is 6.07 Å². The second kappa shape index (κ2) is 7.99. The van der Waals surface area contributed by atoms with Gasteiger partial charge in [0.2, 0.25) is 10.0 Å². The highest BCUT2D eigenvalue weighted by Crippen LogP contribution is 2.35. The largest absolute Gasteiger partial charge is 0.379 e. The first-order valence-electron chi connectivity index (χ1n) is 8.03. The molecule has 1 aliphatic rings. The van der Waals surface area contributed by atoms with Gasteiger partial charge in [-0.25, -0.2) is 22.2 Å². The van der Waals surface area contributed by atoms with Crippen LogP contribution in [0.4, 0.5) is 8.78 Å². The molecule has 0 N–H and O–H groups in total. The molecule has 140 valence electrons. The van der Waals surface area contributed by atoms with Crippen molar-refractivity contribution in [3.8, 4) is 0 Å². The highest BCUT2D eigenvalue weighted by Gasteiger charge is 2.26. The van der Waals surface area contributed by atoms with Gasteiger partial charge in [-0.1, -0.05) is 17.8 Å². The molecule has 0 radical (unpaired) electrons. The molecule has 1 fully saturated rings. The van der Waals surface area contributed by atoms with Crippen LogP contribution in [-0.2, 0) is 14.8 Å². The topological polar surface area (TPSA) is 59.5 Å². The summed E-state index contributed by atoms with van der Waals surface area (Å²) in [5.74, 6) is -1.24. The van der Waals surface area contributed by atoms with Crippen LogP contribution < -0.4 is 0 Å². The van der Waals surface area contributed by atoms with E-state index in [2.05, 4.69) is 4.98 Å². The zero-order valence-corrected chi connectivity index (χ0v) is 15.7. The molecule has 0 saturated carbocycles. The fraction of sp³-hybridized carbons (Fsp3) is 0.353. The molecular weight excluding hydrogens is 382 g/mol. The monoisotopic (exact) mass is 400 g/mol. The Labute approximate surface area is 155 Å². The number of aromatic nitrogens is 1. The summed E-state index contributed by atoms with van der Waals surface area (Å²) >= 11 is 1.27. The van der Waals surface area contributed by atoms with Gasteiger partial charge in [0.1, 0.15) is 16.5 Å². The van der Waals surface area contributed by atoms with E-state index in [4.69, 9.17) is 4.74 Å². The van der Waals surface area contributed by atoms with Gasteiger partial charge in [0.25, 0.3) is 0 Å². The molecule has 1 saturated heterocycles. The molecule has 0 spiro atoms. The Morgan fingerprint density at radius 2 is 1.92 bits per heavy atom. The molecule has 1 aromatic heterocycles. The minimum atomic E-state index is -3.59. The van der Waals surface area contributed by atoms with Crippen molar-refractivity contribution in [2.75, 3.05) is 26.3 Å². The third kappa shape index (κ3) is 4.22. The molecular formula is C17H18F2N2O3S2. The first-order valence-corrected chi connectivity index (χ1v) is 10.4. The van der Waals surface area contributed by atoms with Gasteiger partial charge in [0.05, 0.1) is 18.2 Å². The molecule has 0 aliphatic carbocycles. The second-order valence-electron chi connectivity index (χ2n) is 5.77. The van der Waals surface area contributed by atoms with Gasteiger partial charge >= 0.3 is 0 Å². The lowest BCUT2D eigenvalue weighted by Crippen LogP contribution is -2.40. The summed E-state index contributed by atoms with van der Waals surface area (Å²) in [4.78, 5) is 4.30. The van der Waals surface area contributed by atoms with Crippen LogP contribution in [-0.4, -0.2) is 44.0 Å². The molecule has 2 aromatic rings. The SMILES string of the molecule is CC(Sc1ccc(S(=O)(=O)N2CCOCC2)cn1)c1ccc(F)cc1F. The number of rotatable bonds is 5. The van der Waals surface area contributed by atoms with Gasteiger partial charge in [0, 0.05) is 36.2 Å². The van der Waals surface area contributed by atoms with E-state index in [1.54, 1.807) is 13.0 Å². The van der Waals surface area contributed by atoms with E-state index in [1.807, 2.05) is 0 Å². The Balaban J connectivity index is 1.73. The fourth-order valence-electron chi connectivity index (χ4n) is 2.60. The number of hydrogen-bond donors (Lipinski definition) is 0. The van der Waals surface area contributed by atoms with Crippen molar-refractivity contribution in [2.24, 2.45) is 0 Å². The fourth-order valence-corrected chi connectivity index (χ4v) is 4.90. The predicted molar refractivity (Wildman–Crippen MR) is 94.4 cm³/mol. The summed E-state index contributed by atoms with van der Waals surface area (Å²) in [7, 11) is -3.59. The van der Waals surface area contributed by atoms with Crippen LogP contribution in [0.15, 0.2) is 46.5 Å². The minimum Gasteiger partial charge on any atom is -0.379 e. The Morgan fingerprint density at radius 3 is 2.54 bits per heavy atom. The quantitative estimate of drug-likeness (QED) is 0.721. The maximum atomic E-state index is 13.9. The molecule has 2 heterocycles. The third-order valence-corrected chi connectivity index (χ3v) is 6.99. The predicted octanol–water partition coefficient (Wildman–Crippen LogP) is 3.23. The lowest BCUT2D eigenvalue weighted by Gasteiger charge is -2.25. The lowest BCUT2D eigenvalue weighted by molar-refractivity contribution is 0.0730. The summed E-state index contributed by atoms with van der Waals surface area (Å²) < 4.78 is 58.5. The Morgan fingerprint density at radius 1 is 1.19 bits per heavy atom. The van der Waals surface area contributed by atoms with Gasteiger partial charge in [-0.15, -0.1) is 0 Å². The standard InChI is InChI=1S/C17H18F2N2O3S2/c1-12(15-4-2-13(18)10-16(15)19)25-17-5-3-14(11-20-17)26(22,23)21-6-8-24-9-7-21/h2-5,10-12H,6-9H2,1H3. The molecule has 1 atom stereocenters. The van der Waals surface area contributed by atoms with E-state index < -0.39 is 21.7 Å². The summed E-state index contributed by atoms with van der Waals surface area (Å²) in [5.41, 5.74) is 0.364. The zero-order chi connectivity index (χ0) is 18.7. The number of benzene rings is 1. The Kier molecular flexibility index (Phi) is 5.91. The molecule has 26 heavy (non-hydrogen) atoms. The van der Waals surface area contributed by atoms with Crippen LogP contribution in [0.1, 0.15) is 17.7 Å². The van der Waals surface area contributed by atoms with Gasteiger partial charge < -0.3 is 4.74 Å². The van der Waals surface area contributed by atoms with E-state index in [-0.39, 0.29) is 10.1 Å². The van der Waals surface area contributed by atoms with Gasteiger partial charge in [0.15, 0.2) is 0 Å². The highest BCUT2D eigenvalue weighted by molar-refractivity contribution is 7.99. The number of sulfonamides is 1. The van der Waals surface area contributed by atoms with Crippen molar-refractivity contribution in [1.29, 1.82) is 0 Å². The van der Waals surface area contributed by atoms with Crippen LogP contribution in [0.25, 0.3) is 0 Å². The number of morpholine rings is 1. The maximum Gasteiger partial charge on any atom is 0.244 e. The van der Waals surface area contributed by atoms with E-state index in [1.165, 1.54) is 40.5 Å². The first kappa shape index (κ1) is 19.2. The summed E-state index contributed by atoms with van der Waals surface area (Å²) in [6.45, 7) is 3.17. The first-order chi connectivity index (χ1) is 12.4. The molecule has 0 bridgehead atoms. The summed E-state index contributed by atoms with van der Waals surface area (Å²) in [5, 5.41) is 0.256. The summed E-state index contributed by atoms with van der Waals surface area (Å²) in [6, 6.07) is 6.54. The van der Waals surface area contributed by atoms with E-state index >= 15 is 0 Å². The molecule has 0 amide bonds. The normalized spacial score (nSPS) is 17.2. The number of pyridine rings is 1. The smallest absolute Gasteiger partial charge is 0.244 e. The average molecular weight is 400 g/mol. The maximum absolute atomic E-state index is 13.9. The van der Waals surface area contributed by atoms with Gasteiger partial charge in [-0.05, 0) is 25.1 Å². The van der Waals surface area contributed by atoms with Crippen LogP contribution in [0.3, 0.4) is 0 Å². The van der Waals surface area contributed by atoms with Crippen LogP contribution in [0.5, 0.6) is 0 Å². The minimum absolute atomic E-state index is 0.115. The number of thioether (sulfide) groups is 1. The van der Waals surface area contributed by atoms with Crippen LogP contribution in [0, 0.1) is 11.6 Å². The molecule has 3 rings (SSSR count). The van der Waals surface area contributed by atoms with Crippen molar-refractivity contribution in [3.63, 3.8) is 0 Å². The number of nitrogens with zero attached hydrogens (tertiary/aromatic N) is 2. The van der Waals surface area contributed by atoms with Crippen molar-refractivity contribution in [1.82, 2.24) is 9.29 Å². The highest BCUT2D eigenvalue weighted by atomic mass is 32.2. The van der Waals surface area contributed by atoms with Crippen LogP contribution in [0.2, 0.25) is 0 Å². The van der Waals surface area contributed by atoms with Crippen molar-refractivity contribution >= 4 is 21.8 Å². The molecule has 5 nitrogen and oxygen atoms in total. The molecule has 1 aromatic carbocycles. The number of hydrogen-bond acceptors (Lipinski definition) is 5. The van der Waals surface area contributed by atoms with E-state index in [0.29, 0.717) is 36.9 Å².